The summed E-state index contributed by atoms with van der Waals surface area (Å²) in [6.45, 7) is 2.39. The number of hydrogen-bond donors (Lipinski definition) is 0. The molecule has 3 aromatic carbocycles. The van der Waals surface area contributed by atoms with Gasteiger partial charge in [-0.1, -0.05) is 48.0 Å². The van der Waals surface area contributed by atoms with Crippen LogP contribution < -0.4 is 9.47 Å². The Bertz CT molecular complexity index is 1640. The van der Waals surface area contributed by atoms with Gasteiger partial charge in [0.1, 0.15) is 12.4 Å². The number of imide groups is 1. The molecule has 5 rings (SSSR count). The summed E-state index contributed by atoms with van der Waals surface area (Å²) >= 11 is 7.41. The van der Waals surface area contributed by atoms with Gasteiger partial charge in [0.15, 0.2) is 11.5 Å². The van der Waals surface area contributed by atoms with Crippen LogP contribution in [0.15, 0.2) is 76.1 Å². The molecule has 0 atom stereocenters. The van der Waals surface area contributed by atoms with Crippen molar-refractivity contribution in [2.24, 2.45) is 0 Å². The van der Waals surface area contributed by atoms with E-state index in [1.807, 2.05) is 37.3 Å². The van der Waals surface area contributed by atoms with Crippen molar-refractivity contribution in [3.05, 3.63) is 99.3 Å². The second-order valence-electron chi connectivity index (χ2n) is 8.76. The van der Waals surface area contributed by atoms with Crippen LogP contribution >= 0.6 is 23.4 Å². The standard InChI is InChI=1S/C30H24ClNO7S/c1-3-37-25-14-19(13-23(31)27(25)38-17-18-8-9-20-6-4-5-7-21(20)12-18)15-26-28(33)32(30(35)40-26)16-22-10-11-24(39-22)29(34)36-2/h4-15H,3,16-17H2,1-2H3/b26-15+. The molecule has 0 saturated carbocycles. The Morgan fingerprint density at radius 2 is 1.82 bits per heavy atom. The third-order valence-electron chi connectivity index (χ3n) is 6.06. The van der Waals surface area contributed by atoms with E-state index in [0.717, 1.165) is 33.0 Å². The minimum atomic E-state index is -0.646. The van der Waals surface area contributed by atoms with Crippen LogP contribution in [0.3, 0.4) is 0 Å². The lowest BCUT2D eigenvalue weighted by Crippen LogP contribution is -2.27. The number of halogens is 1. The molecule has 1 saturated heterocycles. The van der Waals surface area contributed by atoms with Crippen LogP contribution in [0.5, 0.6) is 11.5 Å². The molecular weight excluding hydrogens is 554 g/mol. The monoisotopic (exact) mass is 577 g/mol. The molecule has 10 heteroatoms. The Morgan fingerprint density at radius 3 is 2.60 bits per heavy atom. The zero-order valence-corrected chi connectivity index (χ0v) is 23.2. The van der Waals surface area contributed by atoms with Crippen molar-refractivity contribution in [1.82, 2.24) is 4.90 Å². The maximum atomic E-state index is 13.0. The van der Waals surface area contributed by atoms with Crippen LogP contribution in [0.25, 0.3) is 16.8 Å². The number of carbonyl (C=O) groups is 3. The van der Waals surface area contributed by atoms with E-state index < -0.39 is 17.1 Å². The first-order valence-electron chi connectivity index (χ1n) is 12.4. The van der Waals surface area contributed by atoms with E-state index in [1.54, 1.807) is 18.2 Å². The van der Waals surface area contributed by atoms with Crippen molar-refractivity contribution >= 4 is 57.3 Å². The topological polar surface area (TPSA) is 95.3 Å². The predicted octanol–water partition coefficient (Wildman–Crippen LogP) is 7.09. The highest BCUT2D eigenvalue weighted by atomic mass is 35.5. The molecule has 0 spiro atoms. The lowest BCUT2D eigenvalue weighted by molar-refractivity contribution is -0.123. The zero-order chi connectivity index (χ0) is 28.2. The average Bonchev–Trinajstić information content (AvgIpc) is 3.52. The molecule has 204 valence electrons. The van der Waals surface area contributed by atoms with Gasteiger partial charge in [-0.2, -0.15) is 0 Å². The molecule has 4 aromatic rings. The quantitative estimate of drug-likeness (QED) is 0.154. The molecule has 0 bridgehead atoms. The van der Waals surface area contributed by atoms with Crippen molar-refractivity contribution in [1.29, 1.82) is 0 Å². The van der Waals surface area contributed by atoms with Gasteiger partial charge in [-0.3, -0.25) is 14.5 Å². The van der Waals surface area contributed by atoms with Crippen molar-refractivity contribution in [3.63, 3.8) is 0 Å². The molecule has 2 amide bonds. The molecular formula is C30H24ClNO7S. The number of ether oxygens (including phenoxy) is 3. The number of furan rings is 1. The summed E-state index contributed by atoms with van der Waals surface area (Å²) in [6, 6.07) is 20.5. The van der Waals surface area contributed by atoms with Crippen LogP contribution in [-0.4, -0.2) is 35.7 Å². The van der Waals surface area contributed by atoms with Crippen LogP contribution in [0.2, 0.25) is 5.02 Å². The Kier molecular flexibility index (Phi) is 8.14. The Morgan fingerprint density at radius 1 is 1.02 bits per heavy atom. The molecule has 1 aliphatic heterocycles. The summed E-state index contributed by atoms with van der Waals surface area (Å²) in [5.74, 6) is -0.0587. The molecule has 40 heavy (non-hydrogen) atoms. The number of methoxy groups -OCH3 is 1. The molecule has 0 radical (unpaired) electrons. The maximum absolute atomic E-state index is 13.0. The van der Waals surface area contributed by atoms with Crippen LogP contribution in [0, 0.1) is 0 Å². The third-order valence-corrected chi connectivity index (χ3v) is 7.25. The summed E-state index contributed by atoms with van der Waals surface area (Å²) < 4.78 is 21.9. The van der Waals surface area contributed by atoms with E-state index in [2.05, 4.69) is 16.9 Å². The highest BCUT2D eigenvalue weighted by Gasteiger charge is 2.36. The number of carbonyl (C=O) groups excluding carboxylic acids is 3. The van der Waals surface area contributed by atoms with Crippen molar-refractivity contribution in [2.45, 2.75) is 20.1 Å². The Hall–Kier alpha value is -4.21. The summed E-state index contributed by atoms with van der Waals surface area (Å²) in [4.78, 5) is 38.5. The predicted molar refractivity (Wildman–Crippen MR) is 152 cm³/mol. The normalized spacial score (nSPS) is 14.3. The number of rotatable bonds is 9. The lowest BCUT2D eigenvalue weighted by Gasteiger charge is -2.15. The smallest absolute Gasteiger partial charge is 0.373 e. The highest BCUT2D eigenvalue weighted by Crippen LogP contribution is 2.40. The van der Waals surface area contributed by atoms with Gasteiger partial charge in [0.05, 0.1) is 30.2 Å². The summed E-state index contributed by atoms with van der Waals surface area (Å²) in [5.41, 5.74) is 1.55. The average molecular weight is 578 g/mol. The SMILES string of the molecule is CCOc1cc(/C=C2/SC(=O)N(Cc3ccc(C(=O)OC)o3)C2=O)cc(Cl)c1OCc1ccc2ccccc2c1. The van der Waals surface area contributed by atoms with Gasteiger partial charge >= 0.3 is 5.97 Å². The fourth-order valence-electron chi connectivity index (χ4n) is 4.18. The second-order valence-corrected chi connectivity index (χ2v) is 10.2. The number of fused-ring (bicyclic) bond motifs is 1. The van der Waals surface area contributed by atoms with E-state index in [0.29, 0.717) is 28.7 Å². The van der Waals surface area contributed by atoms with Gasteiger partial charge in [0.25, 0.3) is 11.1 Å². The summed E-state index contributed by atoms with van der Waals surface area (Å²) in [7, 11) is 1.23. The molecule has 2 heterocycles. The van der Waals surface area contributed by atoms with Gasteiger partial charge in [-0.15, -0.1) is 0 Å². The number of esters is 1. The van der Waals surface area contributed by atoms with Gasteiger partial charge in [0, 0.05) is 0 Å². The van der Waals surface area contributed by atoms with E-state index in [1.165, 1.54) is 19.2 Å². The second kappa shape index (κ2) is 11.9. The van der Waals surface area contributed by atoms with Crippen molar-refractivity contribution < 1.29 is 33.0 Å². The third kappa shape index (κ3) is 5.85. The van der Waals surface area contributed by atoms with Crippen LogP contribution in [0.1, 0.15) is 34.4 Å². The van der Waals surface area contributed by atoms with Gasteiger partial charge in [-0.05, 0) is 77.0 Å². The zero-order valence-electron chi connectivity index (χ0n) is 21.6. The van der Waals surface area contributed by atoms with E-state index in [9.17, 15) is 14.4 Å². The van der Waals surface area contributed by atoms with E-state index in [4.69, 9.17) is 25.5 Å². The first kappa shape index (κ1) is 27.4. The van der Waals surface area contributed by atoms with Crippen LogP contribution in [0.4, 0.5) is 4.79 Å². The number of thioether (sulfide) groups is 1. The van der Waals surface area contributed by atoms with Gasteiger partial charge in [0.2, 0.25) is 5.76 Å². The molecule has 1 aromatic heterocycles. The van der Waals surface area contributed by atoms with Crippen molar-refractivity contribution in [2.75, 3.05) is 13.7 Å². The van der Waals surface area contributed by atoms with Crippen LogP contribution in [-0.2, 0) is 22.7 Å². The van der Waals surface area contributed by atoms with Gasteiger partial charge in [-0.25, -0.2) is 4.79 Å². The molecule has 8 nitrogen and oxygen atoms in total. The first-order chi connectivity index (χ1) is 19.4. The fourth-order valence-corrected chi connectivity index (χ4v) is 5.29. The molecule has 1 fully saturated rings. The number of hydrogen-bond acceptors (Lipinski definition) is 8. The maximum Gasteiger partial charge on any atom is 0.373 e. The minimum Gasteiger partial charge on any atom is -0.490 e. The minimum absolute atomic E-state index is 0.0129. The van der Waals surface area contributed by atoms with Crippen molar-refractivity contribution in [3.8, 4) is 11.5 Å². The molecule has 0 aliphatic carbocycles. The van der Waals surface area contributed by atoms with Gasteiger partial charge < -0.3 is 18.6 Å². The van der Waals surface area contributed by atoms with E-state index in [-0.39, 0.29) is 29.6 Å². The number of benzene rings is 3. The fraction of sp³-hybridized carbons (Fsp3) is 0.167. The van der Waals surface area contributed by atoms with E-state index >= 15 is 0 Å². The number of amides is 2. The first-order valence-corrected chi connectivity index (χ1v) is 13.5. The Labute approximate surface area is 239 Å². The molecule has 0 unspecified atom stereocenters. The molecule has 0 N–H and O–H groups in total. The molecule has 1 aliphatic rings. The summed E-state index contributed by atoms with van der Waals surface area (Å²) in [6.07, 6.45) is 1.58. The highest BCUT2D eigenvalue weighted by molar-refractivity contribution is 8.18. The Balaban J connectivity index is 1.33. The number of nitrogens with zero attached hydrogens (tertiary/aromatic N) is 1. The summed E-state index contributed by atoms with van der Waals surface area (Å²) in [5, 5.41) is 2.10. The largest absolute Gasteiger partial charge is 0.490 e. The lowest BCUT2D eigenvalue weighted by atomic mass is 10.1.